The Kier molecular flexibility index (Phi) is 4.95. The Bertz CT molecular complexity index is 510. The van der Waals surface area contributed by atoms with Gasteiger partial charge in [-0.25, -0.2) is 8.42 Å². The number of ether oxygens (including phenoxy) is 1. The fraction of sp³-hybridized carbons (Fsp3) is 0.583. The standard InChI is InChI=1S/C12H17NO4S2/c14-12(17-5-3-11-2-1-6-18-11)8-10-9-19(15,16)7-4-13-10/h1-2,6,10,13H,3-5,7-9H2. The second-order valence-electron chi connectivity index (χ2n) is 4.52. The monoisotopic (exact) mass is 303 g/mol. The summed E-state index contributed by atoms with van der Waals surface area (Å²) in [5.74, 6) is -0.171. The minimum Gasteiger partial charge on any atom is -0.465 e. The van der Waals surface area contributed by atoms with E-state index >= 15 is 0 Å². The Morgan fingerprint density at radius 1 is 1.53 bits per heavy atom. The average Bonchev–Trinajstić information content (AvgIpc) is 2.80. The molecule has 1 saturated heterocycles. The summed E-state index contributed by atoms with van der Waals surface area (Å²) in [5.41, 5.74) is 0. The van der Waals surface area contributed by atoms with Crippen molar-refractivity contribution in [2.75, 3.05) is 24.7 Å². The Hall–Kier alpha value is -0.920. The fourth-order valence-electron chi connectivity index (χ4n) is 1.98. The van der Waals surface area contributed by atoms with E-state index in [9.17, 15) is 13.2 Å². The van der Waals surface area contributed by atoms with Gasteiger partial charge < -0.3 is 10.1 Å². The van der Waals surface area contributed by atoms with Crippen LogP contribution in [0.4, 0.5) is 0 Å². The second kappa shape index (κ2) is 6.49. The fourth-order valence-corrected chi connectivity index (χ4v) is 4.11. The van der Waals surface area contributed by atoms with E-state index < -0.39 is 9.84 Å². The van der Waals surface area contributed by atoms with Crippen LogP contribution in [-0.2, 0) is 25.8 Å². The summed E-state index contributed by atoms with van der Waals surface area (Å²) in [6, 6.07) is 3.64. The summed E-state index contributed by atoms with van der Waals surface area (Å²) >= 11 is 1.63. The van der Waals surface area contributed by atoms with Gasteiger partial charge in [0, 0.05) is 23.9 Å². The first-order valence-electron chi connectivity index (χ1n) is 6.17. The molecule has 1 aliphatic rings. The van der Waals surface area contributed by atoms with Crippen LogP contribution in [-0.4, -0.2) is 45.1 Å². The number of hydrogen-bond donors (Lipinski definition) is 1. The lowest BCUT2D eigenvalue weighted by atomic mass is 10.2. The molecule has 1 aliphatic heterocycles. The van der Waals surface area contributed by atoms with Crippen LogP contribution in [0.3, 0.4) is 0 Å². The van der Waals surface area contributed by atoms with Crippen molar-refractivity contribution in [2.24, 2.45) is 0 Å². The lowest BCUT2D eigenvalue weighted by molar-refractivity contribution is -0.144. The molecule has 0 bridgehead atoms. The maximum Gasteiger partial charge on any atom is 0.307 e. The number of sulfone groups is 1. The molecule has 0 saturated carbocycles. The van der Waals surface area contributed by atoms with Crippen LogP contribution >= 0.6 is 11.3 Å². The topological polar surface area (TPSA) is 72.5 Å². The van der Waals surface area contributed by atoms with Crippen LogP contribution in [0.15, 0.2) is 17.5 Å². The van der Waals surface area contributed by atoms with Crippen LogP contribution in [0, 0.1) is 0 Å². The van der Waals surface area contributed by atoms with E-state index in [1.165, 1.54) is 4.88 Å². The number of carbonyl (C=O) groups is 1. The van der Waals surface area contributed by atoms with Gasteiger partial charge in [0.05, 0.1) is 24.5 Å². The van der Waals surface area contributed by atoms with E-state index in [0.717, 1.165) is 0 Å². The van der Waals surface area contributed by atoms with Crippen molar-refractivity contribution >= 4 is 27.1 Å². The van der Waals surface area contributed by atoms with Gasteiger partial charge in [0.2, 0.25) is 0 Å². The zero-order valence-electron chi connectivity index (χ0n) is 10.5. The van der Waals surface area contributed by atoms with Gasteiger partial charge in [-0.1, -0.05) is 6.07 Å². The molecule has 19 heavy (non-hydrogen) atoms. The van der Waals surface area contributed by atoms with Gasteiger partial charge in [0.15, 0.2) is 9.84 Å². The molecule has 0 aromatic carbocycles. The summed E-state index contributed by atoms with van der Waals surface area (Å²) in [7, 11) is -3.00. The summed E-state index contributed by atoms with van der Waals surface area (Å²) < 4.78 is 28.0. The summed E-state index contributed by atoms with van der Waals surface area (Å²) in [4.78, 5) is 12.8. The third-order valence-corrected chi connectivity index (χ3v) is 5.58. The molecule has 0 aliphatic carbocycles. The number of carbonyl (C=O) groups excluding carboxylic acids is 1. The normalized spacial score (nSPS) is 22.0. The van der Waals surface area contributed by atoms with Crippen LogP contribution < -0.4 is 5.32 Å². The molecule has 1 atom stereocenters. The maximum atomic E-state index is 11.6. The highest BCUT2D eigenvalue weighted by atomic mass is 32.2. The maximum absolute atomic E-state index is 11.6. The minimum atomic E-state index is -3.00. The smallest absolute Gasteiger partial charge is 0.307 e. The molecule has 106 valence electrons. The van der Waals surface area contributed by atoms with E-state index in [2.05, 4.69) is 5.32 Å². The van der Waals surface area contributed by atoms with E-state index in [1.807, 2.05) is 17.5 Å². The van der Waals surface area contributed by atoms with E-state index in [1.54, 1.807) is 11.3 Å². The SMILES string of the molecule is O=C(CC1CS(=O)(=O)CCN1)OCCc1cccs1. The van der Waals surface area contributed by atoms with Crippen LogP contribution in [0.1, 0.15) is 11.3 Å². The van der Waals surface area contributed by atoms with Gasteiger partial charge in [-0.15, -0.1) is 11.3 Å². The number of rotatable bonds is 5. The van der Waals surface area contributed by atoms with Crippen molar-refractivity contribution in [3.05, 3.63) is 22.4 Å². The molecule has 1 N–H and O–H groups in total. The molecular weight excluding hydrogens is 286 g/mol. The second-order valence-corrected chi connectivity index (χ2v) is 7.78. The number of nitrogens with one attached hydrogen (secondary N) is 1. The molecule has 1 fully saturated rings. The minimum absolute atomic E-state index is 0.0209. The molecule has 0 spiro atoms. The first-order valence-corrected chi connectivity index (χ1v) is 8.87. The number of thiophene rings is 1. The summed E-state index contributed by atoms with van der Waals surface area (Å²) in [6.45, 7) is 0.758. The molecule has 5 nitrogen and oxygen atoms in total. The Labute approximate surface area is 116 Å². The molecule has 0 amide bonds. The van der Waals surface area contributed by atoms with Crippen molar-refractivity contribution in [3.8, 4) is 0 Å². The summed E-state index contributed by atoms with van der Waals surface area (Å²) in [6.07, 6.45) is 0.823. The van der Waals surface area contributed by atoms with Gasteiger partial charge in [0.1, 0.15) is 0 Å². The van der Waals surface area contributed by atoms with Crippen molar-refractivity contribution in [1.29, 1.82) is 0 Å². The van der Waals surface area contributed by atoms with Gasteiger partial charge in [-0.05, 0) is 11.4 Å². The highest BCUT2D eigenvalue weighted by Crippen LogP contribution is 2.10. The molecule has 1 unspecified atom stereocenters. The Morgan fingerprint density at radius 3 is 3.05 bits per heavy atom. The highest BCUT2D eigenvalue weighted by Gasteiger charge is 2.26. The molecular formula is C12H17NO4S2. The predicted octanol–water partition coefficient (Wildman–Crippen LogP) is 0.611. The zero-order chi connectivity index (χ0) is 13.7. The molecule has 2 rings (SSSR count). The first-order chi connectivity index (χ1) is 9.05. The Balaban J connectivity index is 1.69. The van der Waals surface area contributed by atoms with E-state index in [-0.39, 0.29) is 29.9 Å². The highest BCUT2D eigenvalue weighted by molar-refractivity contribution is 7.91. The molecule has 1 aromatic rings. The third kappa shape index (κ3) is 4.93. The van der Waals surface area contributed by atoms with Crippen molar-refractivity contribution in [1.82, 2.24) is 5.32 Å². The lowest BCUT2D eigenvalue weighted by Gasteiger charge is -2.22. The first kappa shape index (κ1) is 14.5. The summed E-state index contributed by atoms with van der Waals surface area (Å²) in [5, 5.41) is 5.01. The van der Waals surface area contributed by atoms with Gasteiger partial charge in [-0.3, -0.25) is 4.79 Å². The van der Waals surface area contributed by atoms with Crippen LogP contribution in [0.25, 0.3) is 0 Å². The van der Waals surface area contributed by atoms with Crippen LogP contribution in [0.2, 0.25) is 0 Å². The predicted molar refractivity (Wildman–Crippen MR) is 74.0 cm³/mol. The van der Waals surface area contributed by atoms with Gasteiger partial charge in [0.25, 0.3) is 0 Å². The number of esters is 1. The molecule has 2 heterocycles. The molecule has 0 radical (unpaired) electrons. The lowest BCUT2D eigenvalue weighted by Crippen LogP contribution is -2.46. The number of hydrogen-bond acceptors (Lipinski definition) is 6. The zero-order valence-corrected chi connectivity index (χ0v) is 12.1. The largest absolute Gasteiger partial charge is 0.465 e. The van der Waals surface area contributed by atoms with Crippen molar-refractivity contribution < 1.29 is 17.9 Å². The van der Waals surface area contributed by atoms with E-state index in [0.29, 0.717) is 19.6 Å². The van der Waals surface area contributed by atoms with Crippen molar-refractivity contribution in [3.63, 3.8) is 0 Å². The average molecular weight is 303 g/mol. The molecule has 1 aromatic heterocycles. The van der Waals surface area contributed by atoms with Crippen LogP contribution in [0.5, 0.6) is 0 Å². The van der Waals surface area contributed by atoms with Gasteiger partial charge in [-0.2, -0.15) is 0 Å². The molecule has 7 heteroatoms. The van der Waals surface area contributed by atoms with Gasteiger partial charge >= 0.3 is 5.97 Å². The van der Waals surface area contributed by atoms with E-state index in [4.69, 9.17) is 4.74 Å². The third-order valence-electron chi connectivity index (χ3n) is 2.91. The Morgan fingerprint density at radius 2 is 2.37 bits per heavy atom. The van der Waals surface area contributed by atoms with Crippen molar-refractivity contribution in [2.45, 2.75) is 18.9 Å². The quantitative estimate of drug-likeness (QED) is 0.807.